The van der Waals surface area contributed by atoms with E-state index in [1.165, 1.54) is 5.56 Å². The highest BCUT2D eigenvalue weighted by atomic mass is 35.5. The van der Waals surface area contributed by atoms with Gasteiger partial charge in [-0.2, -0.15) is 0 Å². The normalized spacial score (nSPS) is 13.7. The lowest BCUT2D eigenvalue weighted by Crippen LogP contribution is -2.21. The zero-order chi connectivity index (χ0) is 12.9. The van der Waals surface area contributed by atoms with Gasteiger partial charge in [0, 0.05) is 15.8 Å². The Kier molecular flexibility index (Phi) is 5.84. The molecule has 0 aliphatic carbocycles. The lowest BCUT2D eigenvalue weighted by molar-refractivity contribution is 0.596. The standard InChI is InChI=1S/C14H22ClNS/c1-5-7-13(16-17-14(2,3)4)11-8-6-9-12(15)10-11/h6,8-10,13,16H,5,7H2,1-4H3. The van der Waals surface area contributed by atoms with E-state index in [0.29, 0.717) is 6.04 Å². The van der Waals surface area contributed by atoms with Crippen LogP contribution in [0.4, 0.5) is 0 Å². The Balaban J connectivity index is 2.71. The monoisotopic (exact) mass is 271 g/mol. The van der Waals surface area contributed by atoms with Gasteiger partial charge in [-0.15, -0.1) is 0 Å². The van der Waals surface area contributed by atoms with E-state index in [1.807, 2.05) is 12.1 Å². The summed E-state index contributed by atoms with van der Waals surface area (Å²) in [5, 5.41) is 0.811. The maximum Gasteiger partial charge on any atom is 0.0422 e. The number of rotatable bonds is 5. The molecule has 0 saturated heterocycles. The molecule has 1 rings (SSSR count). The van der Waals surface area contributed by atoms with Crippen molar-refractivity contribution in [2.45, 2.75) is 51.3 Å². The second-order valence-corrected chi connectivity index (χ2v) is 7.33. The van der Waals surface area contributed by atoms with Crippen molar-refractivity contribution in [2.24, 2.45) is 0 Å². The molecule has 0 radical (unpaired) electrons. The van der Waals surface area contributed by atoms with E-state index in [2.05, 4.69) is 44.5 Å². The highest BCUT2D eigenvalue weighted by Crippen LogP contribution is 2.28. The van der Waals surface area contributed by atoms with Crippen LogP contribution in [-0.4, -0.2) is 4.75 Å². The molecule has 1 aromatic rings. The molecule has 0 aliphatic heterocycles. The fraction of sp³-hybridized carbons (Fsp3) is 0.571. The number of halogens is 1. The van der Waals surface area contributed by atoms with Crippen LogP contribution in [0.1, 0.15) is 52.1 Å². The Morgan fingerprint density at radius 2 is 2.06 bits per heavy atom. The van der Waals surface area contributed by atoms with Crippen LogP contribution in [0, 0.1) is 0 Å². The first-order chi connectivity index (χ1) is 7.92. The van der Waals surface area contributed by atoms with E-state index in [0.717, 1.165) is 17.9 Å². The molecule has 96 valence electrons. The maximum absolute atomic E-state index is 6.04. The smallest absolute Gasteiger partial charge is 0.0422 e. The first kappa shape index (κ1) is 14.9. The summed E-state index contributed by atoms with van der Waals surface area (Å²) < 4.78 is 3.79. The van der Waals surface area contributed by atoms with Gasteiger partial charge in [-0.1, -0.05) is 49.0 Å². The molecular weight excluding hydrogens is 250 g/mol. The minimum atomic E-state index is 0.227. The lowest BCUT2D eigenvalue weighted by Gasteiger charge is -2.24. The van der Waals surface area contributed by atoms with Gasteiger partial charge in [0.1, 0.15) is 0 Å². The van der Waals surface area contributed by atoms with E-state index < -0.39 is 0 Å². The molecule has 0 bridgehead atoms. The molecule has 0 amide bonds. The van der Waals surface area contributed by atoms with Gasteiger partial charge in [-0.25, -0.2) is 0 Å². The van der Waals surface area contributed by atoms with Gasteiger partial charge in [-0.05, 0) is 44.9 Å². The molecule has 0 fully saturated rings. The molecule has 0 saturated carbocycles. The summed E-state index contributed by atoms with van der Waals surface area (Å²) in [5.41, 5.74) is 1.27. The fourth-order valence-corrected chi connectivity index (χ4v) is 2.50. The molecule has 1 aromatic carbocycles. The summed E-state index contributed by atoms with van der Waals surface area (Å²) in [5.74, 6) is 0. The molecule has 1 atom stereocenters. The van der Waals surface area contributed by atoms with E-state index >= 15 is 0 Å². The van der Waals surface area contributed by atoms with E-state index in [4.69, 9.17) is 11.6 Å². The molecule has 1 unspecified atom stereocenters. The summed E-state index contributed by atoms with van der Waals surface area (Å²) >= 11 is 7.83. The third kappa shape index (κ3) is 5.80. The zero-order valence-corrected chi connectivity index (χ0v) is 12.7. The molecule has 0 spiro atoms. The highest BCUT2D eigenvalue weighted by molar-refractivity contribution is 7.98. The molecule has 0 aromatic heterocycles. The fourth-order valence-electron chi connectivity index (χ4n) is 1.55. The molecule has 1 nitrogen and oxygen atoms in total. The zero-order valence-electron chi connectivity index (χ0n) is 11.1. The van der Waals surface area contributed by atoms with Gasteiger partial charge in [0.2, 0.25) is 0 Å². The largest absolute Gasteiger partial charge is 0.256 e. The molecular formula is C14H22ClNS. The van der Waals surface area contributed by atoms with Crippen LogP contribution in [0.25, 0.3) is 0 Å². The van der Waals surface area contributed by atoms with Gasteiger partial charge >= 0.3 is 0 Å². The SMILES string of the molecule is CCCC(NSC(C)(C)C)c1cccc(Cl)c1. The second kappa shape index (κ2) is 6.67. The number of nitrogens with one attached hydrogen (secondary N) is 1. The predicted octanol–water partition coefficient (Wildman–Crippen LogP) is 5.22. The van der Waals surface area contributed by atoms with E-state index in [-0.39, 0.29) is 4.75 Å². The van der Waals surface area contributed by atoms with Gasteiger partial charge in [-0.3, -0.25) is 4.72 Å². The van der Waals surface area contributed by atoms with Crippen molar-refractivity contribution in [3.8, 4) is 0 Å². The first-order valence-corrected chi connectivity index (χ1v) is 7.31. The van der Waals surface area contributed by atoms with Gasteiger partial charge < -0.3 is 0 Å². The van der Waals surface area contributed by atoms with Crippen molar-refractivity contribution in [3.63, 3.8) is 0 Å². The lowest BCUT2D eigenvalue weighted by atomic mass is 10.0. The number of hydrogen-bond donors (Lipinski definition) is 1. The van der Waals surface area contributed by atoms with Crippen LogP contribution in [-0.2, 0) is 0 Å². The predicted molar refractivity (Wildman–Crippen MR) is 79.6 cm³/mol. The average Bonchev–Trinajstić information content (AvgIpc) is 2.23. The highest BCUT2D eigenvalue weighted by Gasteiger charge is 2.16. The van der Waals surface area contributed by atoms with E-state index in [9.17, 15) is 0 Å². The van der Waals surface area contributed by atoms with Crippen molar-refractivity contribution >= 4 is 23.5 Å². The van der Waals surface area contributed by atoms with Crippen molar-refractivity contribution in [3.05, 3.63) is 34.9 Å². The topological polar surface area (TPSA) is 12.0 Å². The third-order valence-electron chi connectivity index (χ3n) is 2.34. The Bertz CT molecular complexity index is 346. The number of benzene rings is 1. The molecule has 17 heavy (non-hydrogen) atoms. The summed E-state index contributed by atoms with van der Waals surface area (Å²) in [6, 6.07) is 8.51. The second-order valence-electron chi connectivity index (χ2n) is 5.23. The first-order valence-electron chi connectivity index (χ1n) is 6.11. The van der Waals surface area contributed by atoms with Crippen LogP contribution < -0.4 is 4.72 Å². The summed E-state index contributed by atoms with van der Waals surface area (Å²) in [4.78, 5) is 0. The maximum atomic E-state index is 6.04. The van der Waals surface area contributed by atoms with Gasteiger partial charge in [0.15, 0.2) is 0 Å². The van der Waals surface area contributed by atoms with Gasteiger partial charge in [0.05, 0.1) is 0 Å². The molecule has 0 aliphatic rings. The van der Waals surface area contributed by atoms with Gasteiger partial charge in [0.25, 0.3) is 0 Å². The van der Waals surface area contributed by atoms with Crippen molar-refractivity contribution in [1.29, 1.82) is 0 Å². The van der Waals surface area contributed by atoms with Crippen LogP contribution in [0.5, 0.6) is 0 Å². The molecule has 0 heterocycles. The Hall–Kier alpha value is -0.180. The number of hydrogen-bond acceptors (Lipinski definition) is 2. The van der Waals surface area contributed by atoms with Crippen molar-refractivity contribution in [2.75, 3.05) is 0 Å². The van der Waals surface area contributed by atoms with Crippen molar-refractivity contribution < 1.29 is 0 Å². The van der Waals surface area contributed by atoms with Crippen LogP contribution in [0.2, 0.25) is 5.02 Å². The minimum absolute atomic E-state index is 0.227. The van der Waals surface area contributed by atoms with E-state index in [1.54, 1.807) is 11.9 Å². The van der Waals surface area contributed by atoms with Crippen LogP contribution in [0.3, 0.4) is 0 Å². The quantitative estimate of drug-likeness (QED) is 0.737. The summed E-state index contributed by atoms with van der Waals surface area (Å²) in [6.07, 6.45) is 2.29. The molecule has 1 N–H and O–H groups in total. The van der Waals surface area contributed by atoms with Crippen molar-refractivity contribution in [1.82, 2.24) is 4.72 Å². The Labute approximate surface area is 114 Å². The third-order valence-corrected chi connectivity index (χ3v) is 3.59. The minimum Gasteiger partial charge on any atom is -0.256 e. The summed E-state index contributed by atoms with van der Waals surface area (Å²) in [6.45, 7) is 8.85. The van der Waals surface area contributed by atoms with Crippen LogP contribution in [0.15, 0.2) is 24.3 Å². The molecule has 3 heteroatoms. The van der Waals surface area contributed by atoms with Crippen LogP contribution >= 0.6 is 23.5 Å². The Morgan fingerprint density at radius 3 is 2.59 bits per heavy atom. The average molecular weight is 272 g/mol. The Morgan fingerprint density at radius 1 is 1.35 bits per heavy atom. The summed E-state index contributed by atoms with van der Waals surface area (Å²) in [7, 11) is 0.